The Balaban J connectivity index is 0.000000412. The third kappa shape index (κ3) is 5.09. The number of hydrogen-bond donors (Lipinski definition) is 3. The molecule has 0 bridgehead atoms. The standard InChI is InChI=1S/C9H4O3.C5H9NO4.H2O/c10-7-5-3-1-2-4-6(5)8(11)9(7)12;6-3(5(9)10)1-2-4(7)8;/h1-4H;3H,1-2,6H2,(H,7,8)(H,9,10);1H2. The number of nitrogens with two attached hydrogens (primary N) is 1. The van der Waals surface area contributed by atoms with E-state index in [0.29, 0.717) is 0 Å². The van der Waals surface area contributed by atoms with Crippen molar-refractivity contribution < 1.29 is 25.3 Å². The number of carboxylic acids is 2. The zero-order valence-corrected chi connectivity index (χ0v) is 11.8. The maximum absolute atomic E-state index is 11.0. The molecule has 9 heteroatoms. The van der Waals surface area contributed by atoms with E-state index in [-0.39, 0.29) is 29.1 Å². The minimum absolute atomic E-state index is 0. The third-order valence-corrected chi connectivity index (χ3v) is 2.82. The van der Waals surface area contributed by atoms with Gasteiger partial charge in [0, 0.05) is 17.2 Å². The summed E-state index contributed by atoms with van der Waals surface area (Å²) in [6.45, 7) is 0. The van der Waals surface area contributed by atoms with Gasteiger partial charge in [-0.25, -0.2) is 0 Å². The SMILES string of the molecule is NC(CCC(=O)O)C(=O)O.O.O=c1c(=O)c2ccccc2c1=O. The summed E-state index contributed by atoms with van der Waals surface area (Å²) in [5.74, 6) is -2.20. The highest BCUT2D eigenvalue weighted by Gasteiger charge is 2.12. The Labute approximate surface area is 128 Å². The maximum atomic E-state index is 11.0. The first kappa shape index (κ1) is 20.1. The Bertz CT molecular complexity index is 785. The average Bonchev–Trinajstić information content (AvgIpc) is 2.70. The van der Waals surface area contributed by atoms with Gasteiger partial charge in [0.05, 0.1) is 0 Å². The molecule has 1 unspecified atom stereocenters. The third-order valence-electron chi connectivity index (χ3n) is 2.82. The lowest BCUT2D eigenvalue weighted by Crippen LogP contribution is -2.30. The highest BCUT2D eigenvalue weighted by Crippen LogP contribution is 2.01. The summed E-state index contributed by atoms with van der Waals surface area (Å²) in [5.41, 5.74) is 2.71. The number of fused-ring (bicyclic) bond motifs is 1. The van der Waals surface area contributed by atoms with E-state index in [1.807, 2.05) is 0 Å². The van der Waals surface area contributed by atoms with Gasteiger partial charge >= 0.3 is 11.9 Å². The van der Waals surface area contributed by atoms with Crippen LogP contribution in [0.2, 0.25) is 0 Å². The number of aliphatic carboxylic acids is 2. The smallest absolute Gasteiger partial charge is 0.320 e. The summed E-state index contributed by atoms with van der Waals surface area (Å²) in [4.78, 5) is 52.8. The molecule has 0 spiro atoms. The fourth-order valence-corrected chi connectivity index (χ4v) is 1.63. The molecule has 124 valence electrons. The molecule has 6 N–H and O–H groups in total. The molecule has 0 heterocycles. The molecule has 1 atom stereocenters. The summed E-state index contributed by atoms with van der Waals surface area (Å²) < 4.78 is 0. The monoisotopic (exact) mass is 325 g/mol. The Morgan fingerprint density at radius 2 is 1.39 bits per heavy atom. The van der Waals surface area contributed by atoms with Crippen LogP contribution in [0.3, 0.4) is 0 Å². The lowest BCUT2D eigenvalue weighted by Gasteiger charge is -2.01. The molecule has 9 nitrogen and oxygen atoms in total. The normalized spacial score (nSPS) is 11.0. The van der Waals surface area contributed by atoms with E-state index >= 15 is 0 Å². The summed E-state index contributed by atoms with van der Waals surface area (Å²) in [5, 5.41) is 16.7. The molecule has 0 aliphatic heterocycles. The van der Waals surface area contributed by atoms with Gasteiger partial charge < -0.3 is 21.4 Å². The highest BCUT2D eigenvalue weighted by molar-refractivity contribution is 5.83. The number of carbonyl (C=O) groups is 2. The van der Waals surface area contributed by atoms with E-state index in [2.05, 4.69) is 0 Å². The summed E-state index contributed by atoms with van der Waals surface area (Å²) in [6.07, 6.45) is -0.224. The zero-order valence-electron chi connectivity index (χ0n) is 11.8. The first-order chi connectivity index (χ1) is 10.3. The van der Waals surface area contributed by atoms with Crippen molar-refractivity contribution in [1.29, 1.82) is 0 Å². The van der Waals surface area contributed by atoms with Crippen LogP contribution in [-0.2, 0) is 9.59 Å². The van der Waals surface area contributed by atoms with E-state index < -0.39 is 34.3 Å². The fourth-order valence-electron chi connectivity index (χ4n) is 1.63. The van der Waals surface area contributed by atoms with Crippen LogP contribution in [0.25, 0.3) is 10.8 Å². The molecular formula is C14H15NO8. The zero-order chi connectivity index (χ0) is 16.9. The Morgan fingerprint density at radius 3 is 1.74 bits per heavy atom. The van der Waals surface area contributed by atoms with Gasteiger partial charge in [-0.05, 0) is 6.42 Å². The summed E-state index contributed by atoms with van der Waals surface area (Å²) >= 11 is 0. The molecule has 0 saturated heterocycles. The van der Waals surface area contributed by atoms with Gasteiger partial charge in [-0.3, -0.25) is 24.0 Å². The van der Waals surface area contributed by atoms with Gasteiger partial charge in [0.25, 0.3) is 5.43 Å². The van der Waals surface area contributed by atoms with Crippen LogP contribution in [0.15, 0.2) is 38.6 Å². The minimum Gasteiger partial charge on any atom is -0.481 e. The van der Waals surface area contributed by atoms with Gasteiger partial charge in [0.1, 0.15) is 6.04 Å². The van der Waals surface area contributed by atoms with Gasteiger partial charge in [-0.15, -0.1) is 0 Å². The molecule has 0 aliphatic rings. The first-order valence-corrected chi connectivity index (χ1v) is 6.18. The summed E-state index contributed by atoms with van der Waals surface area (Å²) in [7, 11) is 0. The molecule has 0 radical (unpaired) electrons. The molecule has 0 amide bonds. The van der Waals surface area contributed by atoms with Gasteiger partial charge in [-0.2, -0.15) is 0 Å². The van der Waals surface area contributed by atoms with Crippen LogP contribution in [0, 0.1) is 0 Å². The van der Waals surface area contributed by atoms with E-state index in [1.165, 1.54) is 12.1 Å². The van der Waals surface area contributed by atoms with Crippen LogP contribution < -0.4 is 22.0 Å². The Hall–Kier alpha value is -2.91. The van der Waals surface area contributed by atoms with Crippen molar-refractivity contribution in [2.75, 3.05) is 0 Å². The predicted octanol–water partition coefficient (Wildman–Crippen LogP) is -1.77. The van der Waals surface area contributed by atoms with E-state index in [0.717, 1.165) is 0 Å². The van der Waals surface area contributed by atoms with E-state index in [1.54, 1.807) is 12.1 Å². The van der Waals surface area contributed by atoms with Crippen molar-refractivity contribution in [3.63, 3.8) is 0 Å². The van der Waals surface area contributed by atoms with Crippen LogP contribution in [0.4, 0.5) is 0 Å². The quantitative estimate of drug-likeness (QED) is 0.551. The van der Waals surface area contributed by atoms with Crippen LogP contribution in [0.5, 0.6) is 0 Å². The van der Waals surface area contributed by atoms with Crippen molar-refractivity contribution in [3.05, 3.63) is 54.9 Å². The second kappa shape index (κ2) is 8.51. The second-order valence-corrected chi connectivity index (χ2v) is 4.41. The van der Waals surface area contributed by atoms with Crippen molar-refractivity contribution in [2.24, 2.45) is 5.73 Å². The highest BCUT2D eigenvalue weighted by atomic mass is 16.4. The Kier molecular flexibility index (Phi) is 7.44. The molecule has 23 heavy (non-hydrogen) atoms. The average molecular weight is 325 g/mol. The predicted molar refractivity (Wildman–Crippen MR) is 81.2 cm³/mol. The topological polar surface area (TPSA) is 183 Å². The first-order valence-electron chi connectivity index (χ1n) is 6.18. The van der Waals surface area contributed by atoms with Crippen LogP contribution in [0.1, 0.15) is 12.8 Å². The van der Waals surface area contributed by atoms with Crippen LogP contribution >= 0.6 is 0 Å². The van der Waals surface area contributed by atoms with Gasteiger partial charge in [0.2, 0.25) is 10.9 Å². The van der Waals surface area contributed by atoms with E-state index in [4.69, 9.17) is 15.9 Å². The molecule has 2 rings (SSSR count). The molecule has 0 saturated carbocycles. The molecule has 0 fully saturated rings. The number of rotatable bonds is 4. The fraction of sp³-hybridized carbons (Fsp3) is 0.214. The maximum Gasteiger partial charge on any atom is 0.320 e. The van der Waals surface area contributed by atoms with E-state index in [9.17, 15) is 24.0 Å². The second-order valence-electron chi connectivity index (χ2n) is 4.41. The molecule has 0 aliphatic carbocycles. The number of carboxylic acid groups (broad SMARTS) is 2. The van der Waals surface area contributed by atoms with Gasteiger partial charge in [-0.1, -0.05) is 24.3 Å². The number of benzene rings is 1. The summed E-state index contributed by atoms with van der Waals surface area (Å²) in [6, 6.07) is 5.17. The molecule has 2 aromatic rings. The lowest BCUT2D eigenvalue weighted by molar-refractivity contribution is -0.139. The van der Waals surface area contributed by atoms with Crippen molar-refractivity contribution >= 4 is 22.7 Å². The lowest BCUT2D eigenvalue weighted by atomic mass is 10.2. The van der Waals surface area contributed by atoms with Crippen molar-refractivity contribution in [3.8, 4) is 0 Å². The van der Waals surface area contributed by atoms with Gasteiger partial charge in [0.15, 0.2) is 0 Å². The molecular weight excluding hydrogens is 310 g/mol. The molecule has 0 aromatic heterocycles. The van der Waals surface area contributed by atoms with Crippen molar-refractivity contribution in [1.82, 2.24) is 0 Å². The Morgan fingerprint density at radius 1 is 0.957 bits per heavy atom. The van der Waals surface area contributed by atoms with Crippen LogP contribution in [-0.4, -0.2) is 33.7 Å². The minimum atomic E-state index is -1.17. The number of hydrogen-bond acceptors (Lipinski definition) is 6. The molecule has 2 aromatic carbocycles. The largest absolute Gasteiger partial charge is 0.481 e. The van der Waals surface area contributed by atoms with Crippen molar-refractivity contribution in [2.45, 2.75) is 18.9 Å².